The average molecular weight is 413 g/mol. The topological polar surface area (TPSA) is 110 Å². The maximum Gasteiger partial charge on any atom is 0.266 e. The van der Waals surface area contributed by atoms with Gasteiger partial charge in [0.1, 0.15) is 0 Å². The Morgan fingerprint density at radius 3 is 2.32 bits per heavy atom. The molecule has 1 aliphatic rings. The molecule has 3 aromatic carbocycles. The first-order valence-electron chi connectivity index (χ1n) is 9.57. The first-order chi connectivity index (χ1) is 14.8. The third kappa shape index (κ3) is 3.57. The van der Waals surface area contributed by atoms with Crippen molar-refractivity contribution < 1.29 is 19.2 Å². The monoisotopic (exact) mass is 413 g/mol. The van der Waals surface area contributed by atoms with Crippen LogP contribution in [0.3, 0.4) is 0 Å². The number of nitrogens with one attached hydrogen (secondary N) is 1. The van der Waals surface area contributed by atoms with Crippen LogP contribution >= 0.6 is 0 Å². The van der Waals surface area contributed by atoms with E-state index in [9.17, 15) is 19.2 Å². The first kappa shape index (κ1) is 20.0. The van der Waals surface area contributed by atoms with Crippen molar-refractivity contribution in [3.8, 4) is 0 Å². The number of imide groups is 1. The molecule has 7 heteroatoms. The maximum absolute atomic E-state index is 13.0. The van der Waals surface area contributed by atoms with E-state index < -0.39 is 23.6 Å². The molecule has 1 heterocycles. The van der Waals surface area contributed by atoms with E-state index in [0.29, 0.717) is 11.4 Å². The lowest BCUT2D eigenvalue weighted by Crippen LogP contribution is -2.30. The smallest absolute Gasteiger partial charge is 0.266 e. The van der Waals surface area contributed by atoms with E-state index in [4.69, 9.17) is 5.73 Å². The van der Waals surface area contributed by atoms with Crippen LogP contribution in [0.15, 0.2) is 60.7 Å². The molecular weight excluding hydrogens is 394 g/mol. The molecule has 0 saturated heterocycles. The molecule has 7 nitrogen and oxygen atoms in total. The van der Waals surface area contributed by atoms with Gasteiger partial charge in [0.15, 0.2) is 0 Å². The van der Waals surface area contributed by atoms with Crippen LogP contribution in [0.2, 0.25) is 0 Å². The van der Waals surface area contributed by atoms with Gasteiger partial charge in [-0.1, -0.05) is 18.2 Å². The quantitative estimate of drug-likeness (QED) is 0.638. The Kier molecular flexibility index (Phi) is 4.87. The molecule has 0 radical (unpaired) electrons. The molecule has 3 N–H and O–H groups in total. The Hall–Kier alpha value is -4.26. The zero-order chi connectivity index (χ0) is 22.3. The SMILES string of the molecule is Cc1ccc(C)c(N2C(=O)c3ccc(C(=O)Nc4cccc(C(N)=O)c4)cc3C2=O)c1. The number of hydrogen-bond donors (Lipinski definition) is 2. The number of benzene rings is 3. The van der Waals surface area contributed by atoms with Crippen LogP contribution in [-0.4, -0.2) is 23.6 Å². The van der Waals surface area contributed by atoms with Gasteiger partial charge in [-0.2, -0.15) is 0 Å². The number of fused-ring (bicyclic) bond motifs is 1. The molecule has 0 saturated carbocycles. The van der Waals surface area contributed by atoms with Crippen molar-refractivity contribution in [2.75, 3.05) is 10.2 Å². The highest BCUT2D eigenvalue weighted by Crippen LogP contribution is 2.32. The molecule has 3 aromatic rings. The van der Waals surface area contributed by atoms with E-state index in [1.54, 1.807) is 24.3 Å². The fourth-order valence-corrected chi connectivity index (χ4v) is 3.51. The fourth-order valence-electron chi connectivity index (χ4n) is 3.51. The number of carbonyl (C=O) groups excluding carboxylic acids is 4. The van der Waals surface area contributed by atoms with Crippen molar-refractivity contribution in [1.82, 2.24) is 0 Å². The summed E-state index contributed by atoms with van der Waals surface area (Å²) in [5.41, 5.74) is 8.81. The number of aryl methyl sites for hydroxylation is 2. The summed E-state index contributed by atoms with van der Waals surface area (Å²) in [5.74, 6) is -1.98. The summed E-state index contributed by atoms with van der Waals surface area (Å²) in [6.07, 6.45) is 0. The third-order valence-electron chi connectivity index (χ3n) is 5.16. The Morgan fingerprint density at radius 1 is 0.839 bits per heavy atom. The van der Waals surface area contributed by atoms with Crippen LogP contribution in [0, 0.1) is 13.8 Å². The summed E-state index contributed by atoms with van der Waals surface area (Å²) >= 11 is 0. The molecule has 0 atom stereocenters. The molecular formula is C24H19N3O4. The predicted octanol–water partition coefficient (Wildman–Crippen LogP) is 3.46. The second-order valence-electron chi connectivity index (χ2n) is 7.40. The summed E-state index contributed by atoms with van der Waals surface area (Å²) in [6, 6.07) is 16.2. The molecule has 4 amide bonds. The van der Waals surface area contributed by atoms with Gasteiger partial charge in [0.2, 0.25) is 5.91 Å². The van der Waals surface area contributed by atoms with Crippen molar-refractivity contribution in [2.24, 2.45) is 5.73 Å². The largest absolute Gasteiger partial charge is 0.366 e. The minimum Gasteiger partial charge on any atom is -0.366 e. The predicted molar refractivity (Wildman–Crippen MR) is 116 cm³/mol. The standard InChI is InChI=1S/C24H19N3O4/c1-13-6-7-14(2)20(10-13)27-23(30)18-9-8-16(12-19(18)24(27)31)22(29)26-17-5-3-4-15(11-17)21(25)28/h3-12H,1-2H3,(H2,25,28)(H,26,29). The lowest BCUT2D eigenvalue weighted by Gasteiger charge is -2.17. The van der Waals surface area contributed by atoms with Gasteiger partial charge in [0.05, 0.1) is 16.8 Å². The summed E-state index contributed by atoms with van der Waals surface area (Å²) in [4.78, 5) is 51.1. The van der Waals surface area contributed by atoms with Crippen molar-refractivity contribution >= 4 is 35.0 Å². The molecule has 0 unspecified atom stereocenters. The number of rotatable bonds is 4. The highest BCUT2D eigenvalue weighted by Gasteiger charge is 2.37. The maximum atomic E-state index is 13.0. The molecule has 0 aromatic heterocycles. The van der Waals surface area contributed by atoms with Gasteiger partial charge < -0.3 is 11.1 Å². The van der Waals surface area contributed by atoms with Gasteiger partial charge in [-0.25, -0.2) is 4.90 Å². The molecule has 31 heavy (non-hydrogen) atoms. The third-order valence-corrected chi connectivity index (χ3v) is 5.16. The van der Waals surface area contributed by atoms with Gasteiger partial charge in [-0.15, -0.1) is 0 Å². The molecule has 0 fully saturated rings. The minimum atomic E-state index is -0.607. The van der Waals surface area contributed by atoms with Gasteiger partial charge >= 0.3 is 0 Å². The van der Waals surface area contributed by atoms with Crippen LogP contribution in [0.5, 0.6) is 0 Å². The normalized spacial score (nSPS) is 12.6. The lowest BCUT2D eigenvalue weighted by atomic mass is 10.1. The molecule has 154 valence electrons. The molecule has 0 aliphatic carbocycles. The van der Waals surface area contributed by atoms with Gasteiger partial charge in [0.25, 0.3) is 17.7 Å². The van der Waals surface area contributed by atoms with Crippen LogP contribution in [0.1, 0.15) is 52.6 Å². The van der Waals surface area contributed by atoms with E-state index in [1.807, 2.05) is 26.0 Å². The number of carbonyl (C=O) groups is 4. The second kappa shape index (κ2) is 7.53. The number of hydrogen-bond acceptors (Lipinski definition) is 4. The zero-order valence-electron chi connectivity index (χ0n) is 16.9. The Labute approximate surface area is 178 Å². The Morgan fingerprint density at radius 2 is 1.58 bits per heavy atom. The molecule has 1 aliphatic heterocycles. The molecule has 0 spiro atoms. The summed E-state index contributed by atoms with van der Waals surface area (Å²) < 4.78 is 0. The summed E-state index contributed by atoms with van der Waals surface area (Å²) in [6.45, 7) is 3.72. The lowest BCUT2D eigenvalue weighted by molar-refractivity contribution is 0.0923. The van der Waals surface area contributed by atoms with E-state index in [1.165, 1.54) is 24.3 Å². The Balaban J connectivity index is 1.64. The Bertz CT molecular complexity index is 1280. The van der Waals surface area contributed by atoms with Crippen molar-refractivity contribution in [3.63, 3.8) is 0 Å². The second-order valence-corrected chi connectivity index (χ2v) is 7.40. The number of amides is 4. The van der Waals surface area contributed by atoms with Gasteiger partial charge in [-0.05, 0) is 67.4 Å². The van der Waals surface area contributed by atoms with Gasteiger partial charge in [-0.3, -0.25) is 19.2 Å². The fraction of sp³-hybridized carbons (Fsp3) is 0.0833. The van der Waals surface area contributed by atoms with Crippen molar-refractivity contribution in [2.45, 2.75) is 13.8 Å². The van der Waals surface area contributed by atoms with Crippen LogP contribution < -0.4 is 16.0 Å². The van der Waals surface area contributed by atoms with Crippen molar-refractivity contribution in [3.05, 3.63) is 94.0 Å². The number of nitrogens with zero attached hydrogens (tertiary/aromatic N) is 1. The van der Waals surface area contributed by atoms with Gasteiger partial charge in [0, 0.05) is 16.8 Å². The molecule has 0 bridgehead atoms. The van der Waals surface area contributed by atoms with E-state index in [0.717, 1.165) is 16.0 Å². The van der Waals surface area contributed by atoms with E-state index in [-0.39, 0.29) is 22.3 Å². The van der Waals surface area contributed by atoms with Crippen LogP contribution in [0.4, 0.5) is 11.4 Å². The number of primary amides is 1. The van der Waals surface area contributed by atoms with Crippen LogP contribution in [-0.2, 0) is 0 Å². The zero-order valence-corrected chi connectivity index (χ0v) is 16.9. The summed E-state index contributed by atoms with van der Waals surface area (Å²) in [7, 11) is 0. The molecule has 4 rings (SSSR count). The highest BCUT2D eigenvalue weighted by molar-refractivity contribution is 6.35. The highest BCUT2D eigenvalue weighted by atomic mass is 16.2. The van der Waals surface area contributed by atoms with Crippen LogP contribution in [0.25, 0.3) is 0 Å². The van der Waals surface area contributed by atoms with E-state index in [2.05, 4.69) is 5.32 Å². The first-order valence-corrected chi connectivity index (χ1v) is 9.57. The average Bonchev–Trinajstić information content (AvgIpc) is 2.99. The number of anilines is 2. The summed E-state index contributed by atoms with van der Waals surface area (Å²) in [5, 5.41) is 2.67. The minimum absolute atomic E-state index is 0.171. The number of nitrogens with two attached hydrogens (primary N) is 1. The van der Waals surface area contributed by atoms with Crippen molar-refractivity contribution in [1.29, 1.82) is 0 Å². The van der Waals surface area contributed by atoms with E-state index >= 15 is 0 Å².